The van der Waals surface area contributed by atoms with Crippen molar-refractivity contribution >= 4 is 5.82 Å². The molecule has 0 spiro atoms. The lowest BCUT2D eigenvalue weighted by atomic mass is 9.49. The van der Waals surface area contributed by atoms with Gasteiger partial charge in [-0.1, -0.05) is 20.3 Å². The second kappa shape index (κ2) is 7.03. The summed E-state index contributed by atoms with van der Waals surface area (Å²) in [5, 5.41) is 13.8. The third-order valence-corrected chi connectivity index (χ3v) is 10.2. The quantitative estimate of drug-likeness (QED) is 0.689. The minimum atomic E-state index is 0.274. The van der Waals surface area contributed by atoms with Crippen molar-refractivity contribution in [3.63, 3.8) is 0 Å². The number of fused-ring (bicyclic) bond motifs is 5. The normalized spacial score (nSPS) is 45.0. The van der Waals surface area contributed by atoms with Gasteiger partial charge < -0.3 is 5.73 Å². The number of rotatable bonds is 2. The standard InChI is InChI=1S/C25H38N4/c1-15-4-6-19-17(12-15)5-7-21-20(19)10-11-25(3)22(8-9-23(21)25)16(2)29-24(27)18(13-26)14-28-29/h14-17,19-23H,4-12,27H2,1-3H3/t15-,16+,17+,19-,20?,21+,22?,23?,25+/m0/s1. The van der Waals surface area contributed by atoms with Crippen LogP contribution in [0, 0.1) is 58.2 Å². The van der Waals surface area contributed by atoms with Gasteiger partial charge in [0.25, 0.3) is 0 Å². The smallest absolute Gasteiger partial charge is 0.140 e. The first-order chi connectivity index (χ1) is 13.9. The van der Waals surface area contributed by atoms with Crippen molar-refractivity contribution in [2.45, 2.75) is 84.6 Å². The summed E-state index contributed by atoms with van der Waals surface area (Å²) in [7, 11) is 0. The summed E-state index contributed by atoms with van der Waals surface area (Å²) < 4.78 is 1.95. The molecule has 4 aliphatic rings. The van der Waals surface area contributed by atoms with E-state index < -0.39 is 0 Å². The van der Waals surface area contributed by atoms with Crippen molar-refractivity contribution in [3.05, 3.63) is 11.8 Å². The molecular weight excluding hydrogens is 356 g/mol. The fraction of sp³-hybridized carbons (Fsp3) is 0.840. The molecule has 1 aromatic rings. The maximum absolute atomic E-state index is 9.27. The first-order valence-corrected chi connectivity index (χ1v) is 12.2. The average molecular weight is 395 g/mol. The number of nitrogens with two attached hydrogens (primary N) is 1. The van der Waals surface area contributed by atoms with Gasteiger partial charge in [-0.15, -0.1) is 0 Å². The zero-order chi connectivity index (χ0) is 20.3. The molecule has 4 fully saturated rings. The van der Waals surface area contributed by atoms with Gasteiger partial charge in [0, 0.05) is 0 Å². The van der Waals surface area contributed by atoms with Gasteiger partial charge in [-0.05, 0) is 105 Å². The summed E-state index contributed by atoms with van der Waals surface area (Å²) in [6, 6.07) is 2.46. The van der Waals surface area contributed by atoms with Crippen LogP contribution in [0.5, 0.6) is 0 Å². The van der Waals surface area contributed by atoms with E-state index in [1.54, 1.807) is 6.20 Å². The Kier molecular flexibility index (Phi) is 4.72. The van der Waals surface area contributed by atoms with E-state index in [0.29, 0.717) is 22.7 Å². The molecule has 5 rings (SSSR count). The van der Waals surface area contributed by atoms with Crippen LogP contribution in [0.15, 0.2) is 6.20 Å². The Morgan fingerprint density at radius 2 is 1.93 bits per heavy atom. The highest BCUT2D eigenvalue weighted by molar-refractivity contribution is 5.47. The predicted molar refractivity (Wildman–Crippen MR) is 116 cm³/mol. The van der Waals surface area contributed by atoms with E-state index in [2.05, 4.69) is 31.9 Å². The van der Waals surface area contributed by atoms with Crippen LogP contribution in [0.3, 0.4) is 0 Å². The van der Waals surface area contributed by atoms with Crippen molar-refractivity contribution in [1.82, 2.24) is 9.78 Å². The zero-order valence-electron chi connectivity index (χ0n) is 18.5. The van der Waals surface area contributed by atoms with E-state index in [-0.39, 0.29) is 6.04 Å². The fourth-order valence-corrected chi connectivity index (χ4v) is 8.87. The van der Waals surface area contributed by atoms with E-state index in [4.69, 9.17) is 5.73 Å². The Morgan fingerprint density at radius 3 is 2.69 bits per heavy atom. The second-order valence-electron chi connectivity index (χ2n) is 11.3. The molecule has 4 saturated carbocycles. The van der Waals surface area contributed by atoms with Crippen molar-refractivity contribution < 1.29 is 0 Å². The van der Waals surface area contributed by atoms with Crippen LogP contribution < -0.4 is 5.73 Å². The highest BCUT2D eigenvalue weighted by Crippen LogP contribution is 2.66. The number of anilines is 1. The SMILES string of the molecule is C[C@H]1CC[C@@H]2C3CC[C@@]4(C)C(CCC4[C@@H](C)n4ncc(C#N)c4N)[C@@H]3CC[C@@H]2C1. The number of aromatic nitrogens is 2. The lowest BCUT2D eigenvalue weighted by molar-refractivity contribution is -0.0723. The number of nitriles is 1. The maximum Gasteiger partial charge on any atom is 0.140 e. The molecule has 0 aliphatic heterocycles. The maximum atomic E-state index is 9.27. The lowest BCUT2D eigenvalue weighted by Gasteiger charge is -2.56. The molecule has 9 atom stereocenters. The van der Waals surface area contributed by atoms with Gasteiger partial charge in [-0.3, -0.25) is 0 Å². The topological polar surface area (TPSA) is 67.6 Å². The molecule has 4 nitrogen and oxygen atoms in total. The van der Waals surface area contributed by atoms with Crippen LogP contribution in [0.1, 0.15) is 90.2 Å². The van der Waals surface area contributed by atoms with Gasteiger partial charge in [0.1, 0.15) is 17.5 Å². The number of nitrogen functional groups attached to an aromatic ring is 1. The van der Waals surface area contributed by atoms with Crippen LogP contribution in [0.2, 0.25) is 0 Å². The van der Waals surface area contributed by atoms with Gasteiger partial charge >= 0.3 is 0 Å². The molecule has 0 radical (unpaired) electrons. The van der Waals surface area contributed by atoms with E-state index in [9.17, 15) is 5.26 Å². The monoisotopic (exact) mass is 394 g/mol. The third-order valence-electron chi connectivity index (χ3n) is 10.2. The molecule has 0 saturated heterocycles. The summed E-state index contributed by atoms with van der Waals surface area (Å²) in [4.78, 5) is 0. The van der Waals surface area contributed by atoms with Crippen molar-refractivity contribution in [2.24, 2.45) is 46.8 Å². The second-order valence-corrected chi connectivity index (χ2v) is 11.3. The number of hydrogen-bond acceptors (Lipinski definition) is 3. The van der Waals surface area contributed by atoms with Crippen molar-refractivity contribution in [1.29, 1.82) is 5.26 Å². The molecule has 4 aliphatic carbocycles. The Morgan fingerprint density at radius 1 is 1.14 bits per heavy atom. The molecule has 4 heteroatoms. The molecule has 3 unspecified atom stereocenters. The van der Waals surface area contributed by atoms with Crippen LogP contribution in [-0.4, -0.2) is 9.78 Å². The molecule has 1 heterocycles. The highest BCUT2D eigenvalue weighted by atomic mass is 15.3. The van der Waals surface area contributed by atoms with Crippen LogP contribution in [-0.2, 0) is 0 Å². The summed E-state index contributed by atoms with van der Waals surface area (Å²) >= 11 is 0. The van der Waals surface area contributed by atoms with Gasteiger partial charge in [0.2, 0.25) is 0 Å². The average Bonchev–Trinajstić information content (AvgIpc) is 3.26. The Bertz CT molecular complexity index is 806. The minimum absolute atomic E-state index is 0.274. The van der Waals surface area contributed by atoms with E-state index in [1.165, 1.54) is 57.8 Å². The largest absolute Gasteiger partial charge is 0.383 e. The molecule has 2 N–H and O–H groups in total. The molecule has 0 amide bonds. The van der Waals surface area contributed by atoms with Gasteiger partial charge in [0.15, 0.2) is 0 Å². The zero-order valence-corrected chi connectivity index (χ0v) is 18.5. The number of nitrogens with zero attached hydrogens (tertiary/aromatic N) is 3. The first kappa shape index (κ1) is 19.5. The van der Waals surface area contributed by atoms with Crippen molar-refractivity contribution in [3.8, 4) is 6.07 Å². The van der Waals surface area contributed by atoms with E-state index in [0.717, 1.165) is 35.5 Å². The lowest BCUT2D eigenvalue weighted by Crippen LogP contribution is -2.49. The van der Waals surface area contributed by atoms with Gasteiger partial charge in [-0.25, -0.2) is 4.68 Å². The summed E-state index contributed by atoms with van der Waals surface area (Å²) in [5.74, 6) is 6.99. The molecule has 0 aromatic carbocycles. The van der Waals surface area contributed by atoms with Crippen molar-refractivity contribution in [2.75, 3.05) is 5.73 Å². The number of hydrogen-bond donors (Lipinski definition) is 1. The molecule has 29 heavy (non-hydrogen) atoms. The van der Waals surface area contributed by atoms with Crippen LogP contribution >= 0.6 is 0 Å². The Labute approximate surface area is 176 Å². The van der Waals surface area contributed by atoms with Gasteiger partial charge in [0.05, 0.1) is 12.2 Å². The highest BCUT2D eigenvalue weighted by Gasteiger charge is 2.58. The third kappa shape index (κ3) is 2.87. The summed E-state index contributed by atoms with van der Waals surface area (Å²) in [6.45, 7) is 7.35. The molecule has 0 bridgehead atoms. The minimum Gasteiger partial charge on any atom is -0.383 e. The molecule has 158 valence electrons. The fourth-order valence-electron chi connectivity index (χ4n) is 8.87. The Balaban J connectivity index is 1.38. The van der Waals surface area contributed by atoms with Crippen LogP contribution in [0.4, 0.5) is 5.82 Å². The van der Waals surface area contributed by atoms with Gasteiger partial charge in [-0.2, -0.15) is 10.4 Å². The molecule has 1 aromatic heterocycles. The van der Waals surface area contributed by atoms with Crippen LogP contribution in [0.25, 0.3) is 0 Å². The predicted octanol–water partition coefficient (Wildman–Crippen LogP) is 5.80. The molecular formula is C25H38N4. The first-order valence-electron chi connectivity index (χ1n) is 12.2. The van der Waals surface area contributed by atoms with E-state index in [1.807, 2.05) is 4.68 Å². The van der Waals surface area contributed by atoms with E-state index >= 15 is 0 Å². The Hall–Kier alpha value is -1.50. The summed E-state index contributed by atoms with van der Waals surface area (Å²) in [6.07, 6.45) is 14.5. The summed E-state index contributed by atoms with van der Waals surface area (Å²) in [5.41, 5.74) is 7.18.